The average Bonchev–Trinajstić information content (AvgIpc) is 2.73. The van der Waals surface area contributed by atoms with Crippen LogP contribution >= 0.6 is 0 Å². The first-order chi connectivity index (χ1) is 8.59. The molecule has 1 aromatic rings. The quantitative estimate of drug-likeness (QED) is 0.729. The molecule has 0 saturated carbocycles. The molecule has 0 aromatic carbocycles. The van der Waals surface area contributed by atoms with E-state index < -0.39 is 0 Å². The Bertz CT molecular complexity index is 552. The van der Waals surface area contributed by atoms with Gasteiger partial charge >= 0.3 is 0 Å². The first-order valence-electron chi connectivity index (χ1n) is 6.21. The molecule has 1 heterocycles. The zero-order chi connectivity index (χ0) is 13.1. The first-order valence-corrected chi connectivity index (χ1v) is 6.21. The van der Waals surface area contributed by atoms with Crippen LogP contribution in [0.3, 0.4) is 0 Å². The van der Waals surface area contributed by atoms with Gasteiger partial charge in [-0.1, -0.05) is 18.7 Å². The fourth-order valence-corrected chi connectivity index (χ4v) is 1.94. The van der Waals surface area contributed by atoms with Crippen molar-refractivity contribution in [2.75, 3.05) is 0 Å². The number of aliphatic imine (C=N–C) groups is 1. The number of rotatable bonds is 3. The van der Waals surface area contributed by atoms with E-state index in [1.54, 1.807) is 0 Å². The number of aromatic nitrogens is 2. The minimum Gasteiger partial charge on any atom is -0.238 e. The Hall–Kier alpha value is -1.90. The molecule has 0 fully saturated rings. The molecular formula is C15H19N3. The molecular weight excluding hydrogens is 222 g/mol. The summed E-state index contributed by atoms with van der Waals surface area (Å²) in [6.45, 7) is 9.97. The van der Waals surface area contributed by atoms with E-state index in [1.165, 1.54) is 5.70 Å². The lowest BCUT2D eigenvalue weighted by molar-refractivity contribution is 0.839. The lowest BCUT2D eigenvalue weighted by Gasteiger charge is -2.11. The highest BCUT2D eigenvalue weighted by Crippen LogP contribution is 2.30. The number of hydrogen-bond donors (Lipinski definition) is 0. The molecule has 0 N–H and O–H groups in total. The van der Waals surface area contributed by atoms with Crippen LogP contribution in [0.4, 0.5) is 5.82 Å². The van der Waals surface area contributed by atoms with E-state index >= 15 is 0 Å². The van der Waals surface area contributed by atoms with Gasteiger partial charge in [-0.3, -0.25) is 0 Å². The van der Waals surface area contributed by atoms with Crippen LogP contribution in [0.2, 0.25) is 0 Å². The lowest BCUT2D eigenvalue weighted by Crippen LogP contribution is -2.01. The average molecular weight is 241 g/mol. The van der Waals surface area contributed by atoms with Crippen LogP contribution in [-0.2, 0) is 0 Å². The Kier molecular flexibility index (Phi) is 3.60. The van der Waals surface area contributed by atoms with Gasteiger partial charge in [-0.05, 0) is 45.3 Å². The van der Waals surface area contributed by atoms with Gasteiger partial charge < -0.3 is 0 Å². The van der Waals surface area contributed by atoms with Crippen molar-refractivity contribution in [3.05, 3.63) is 36.6 Å². The summed E-state index contributed by atoms with van der Waals surface area (Å²) >= 11 is 0. The van der Waals surface area contributed by atoms with Gasteiger partial charge in [-0.25, -0.2) is 9.67 Å². The highest BCUT2D eigenvalue weighted by molar-refractivity contribution is 5.84. The molecule has 18 heavy (non-hydrogen) atoms. The predicted octanol–water partition coefficient (Wildman–Crippen LogP) is 4.22. The largest absolute Gasteiger partial charge is 0.238 e. The molecule has 0 aliphatic heterocycles. The van der Waals surface area contributed by atoms with E-state index in [1.807, 2.05) is 31.6 Å². The van der Waals surface area contributed by atoms with Crippen LogP contribution in [0.15, 0.2) is 36.0 Å². The fourth-order valence-electron chi connectivity index (χ4n) is 1.94. The topological polar surface area (TPSA) is 30.2 Å². The van der Waals surface area contributed by atoms with Crippen LogP contribution in [0, 0.1) is 0 Å². The second-order valence-electron chi connectivity index (χ2n) is 4.76. The van der Waals surface area contributed by atoms with Gasteiger partial charge in [0, 0.05) is 17.0 Å². The maximum atomic E-state index is 4.61. The van der Waals surface area contributed by atoms with Crippen molar-refractivity contribution in [3.8, 4) is 0 Å². The Balaban J connectivity index is 2.54. The molecule has 0 unspecified atom stereocenters. The molecule has 0 spiro atoms. The molecule has 1 aliphatic rings. The van der Waals surface area contributed by atoms with Crippen LogP contribution in [0.1, 0.15) is 39.2 Å². The third kappa shape index (κ3) is 2.50. The number of allylic oxidation sites excluding steroid dienone is 5. The third-order valence-electron chi connectivity index (χ3n) is 2.80. The fraction of sp³-hybridized carbons (Fsp3) is 0.333. The van der Waals surface area contributed by atoms with E-state index in [4.69, 9.17) is 0 Å². The molecule has 0 radical (unpaired) electrons. The Labute approximate surface area is 108 Å². The second-order valence-corrected chi connectivity index (χ2v) is 4.76. The van der Waals surface area contributed by atoms with E-state index in [0.717, 1.165) is 35.5 Å². The minimum absolute atomic E-state index is 0.893. The van der Waals surface area contributed by atoms with Crippen LogP contribution in [-0.4, -0.2) is 15.5 Å². The van der Waals surface area contributed by atoms with E-state index in [-0.39, 0.29) is 0 Å². The van der Waals surface area contributed by atoms with Gasteiger partial charge in [0.2, 0.25) is 0 Å². The predicted molar refractivity (Wildman–Crippen MR) is 78.0 cm³/mol. The van der Waals surface area contributed by atoms with Crippen molar-refractivity contribution in [2.24, 2.45) is 4.99 Å². The zero-order valence-corrected chi connectivity index (χ0v) is 11.3. The molecule has 0 amide bonds. The Morgan fingerprint density at radius 1 is 1.39 bits per heavy atom. The molecule has 0 atom stereocenters. The highest BCUT2D eigenvalue weighted by Gasteiger charge is 2.14. The summed E-state index contributed by atoms with van der Waals surface area (Å²) in [5.74, 6) is 0.893. The minimum atomic E-state index is 0.893. The van der Waals surface area contributed by atoms with Crippen molar-refractivity contribution < 1.29 is 0 Å². The first kappa shape index (κ1) is 12.6. The highest BCUT2D eigenvalue weighted by atomic mass is 15.3. The van der Waals surface area contributed by atoms with Crippen LogP contribution in [0.25, 0.3) is 11.3 Å². The molecule has 3 nitrogen and oxygen atoms in total. The third-order valence-corrected chi connectivity index (χ3v) is 2.80. The zero-order valence-electron chi connectivity index (χ0n) is 11.3. The van der Waals surface area contributed by atoms with E-state index in [9.17, 15) is 0 Å². The summed E-state index contributed by atoms with van der Waals surface area (Å²) in [5.41, 5.74) is 4.22. The molecule has 0 saturated heterocycles. The molecule has 0 bridgehead atoms. The molecule has 1 aliphatic carbocycles. The van der Waals surface area contributed by atoms with Gasteiger partial charge in [0.25, 0.3) is 0 Å². The van der Waals surface area contributed by atoms with Crippen molar-refractivity contribution in [3.63, 3.8) is 0 Å². The summed E-state index contributed by atoms with van der Waals surface area (Å²) in [6.07, 6.45) is 10.3. The summed E-state index contributed by atoms with van der Waals surface area (Å²) in [7, 11) is 0. The van der Waals surface area contributed by atoms with E-state index in [2.05, 4.69) is 34.9 Å². The summed E-state index contributed by atoms with van der Waals surface area (Å²) in [6, 6.07) is 0. The molecule has 94 valence electrons. The standard InChI is InChI=1S/C15H19N3/c1-11(2)14-10-16-18(15(14)17-12(3)4)13-8-6-5-7-9-13/h5-6,8,10H,1,7,9H2,2-4H3. The lowest BCUT2D eigenvalue weighted by atomic mass is 10.1. The number of nitrogens with zero attached hydrogens (tertiary/aromatic N) is 3. The van der Waals surface area contributed by atoms with Crippen molar-refractivity contribution >= 4 is 22.8 Å². The summed E-state index contributed by atoms with van der Waals surface area (Å²) in [4.78, 5) is 4.61. The smallest absolute Gasteiger partial charge is 0.162 e. The monoisotopic (exact) mass is 241 g/mol. The Morgan fingerprint density at radius 2 is 2.17 bits per heavy atom. The van der Waals surface area contributed by atoms with Gasteiger partial charge in [0.1, 0.15) is 0 Å². The van der Waals surface area contributed by atoms with Gasteiger partial charge in [-0.15, -0.1) is 0 Å². The number of hydrogen-bond acceptors (Lipinski definition) is 2. The van der Waals surface area contributed by atoms with Crippen molar-refractivity contribution in [1.29, 1.82) is 0 Å². The van der Waals surface area contributed by atoms with Crippen LogP contribution in [0.5, 0.6) is 0 Å². The molecule has 2 rings (SSSR count). The summed E-state index contributed by atoms with van der Waals surface area (Å²) in [5, 5.41) is 4.46. The van der Waals surface area contributed by atoms with E-state index in [0.29, 0.717) is 0 Å². The van der Waals surface area contributed by atoms with Crippen LogP contribution < -0.4 is 0 Å². The molecule has 1 aromatic heterocycles. The van der Waals surface area contributed by atoms with Crippen molar-refractivity contribution in [1.82, 2.24) is 9.78 Å². The van der Waals surface area contributed by atoms with Gasteiger partial charge in [0.05, 0.1) is 6.20 Å². The van der Waals surface area contributed by atoms with Gasteiger partial charge in [0.15, 0.2) is 5.82 Å². The maximum Gasteiger partial charge on any atom is 0.162 e. The van der Waals surface area contributed by atoms with Gasteiger partial charge in [-0.2, -0.15) is 5.10 Å². The maximum absolute atomic E-state index is 4.61. The molecule has 3 heteroatoms. The van der Waals surface area contributed by atoms with Crippen molar-refractivity contribution in [2.45, 2.75) is 33.6 Å². The normalized spacial score (nSPS) is 14.3. The Morgan fingerprint density at radius 3 is 2.72 bits per heavy atom. The second kappa shape index (κ2) is 5.17. The summed E-state index contributed by atoms with van der Waals surface area (Å²) < 4.78 is 1.93. The SMILES string of the molecule is C=C(C)c1cnn(C2=CC=CCC2)c1N=C(C)C.